The zero-order valence-corrected chi connectivity index (χ0v) is 14.8. The molecular formula is C15H22Cl2N4O2. The van der Waals surface area contributed by atoms with E-state index in [0.717, 1.165) is 19.4 Å². The minimum Gasteiger partial charge on any atom is -0.496 e. The molecule has 2 rings (SSSR count). The van der Waals surface area contributed by atoms with Crippen LogP contribution in [0.25, 0.3) is 0 Å². The van der Waals surface area contributed by atoms with Gasteiger partial charge in [-0.3, -0.25) is 10.2 Å². The van der Waals surface area contributed by atoms with Crippen LogP contribution in [0.4, 0.5) is 5.69 Å². The normalized spacial score (nSPS) is 16.7. The molecule has 8 heteroatoms. The van der Waals surface area contributed by atoms with E-state index in [1.54, 1.807) is 13.0 Å². The highest BCUT2D eigenvalue weighted by molar-refractivity contribution is 6.33. The lowest BCUT2D eigenvalue weighted by Gasteiger charge is -2.25. The molecule has 128 valence electrons. The minimum atomic E-state index is -0.256. The maximum atomic E-state index is 12.4. The molecule has 1 aromatic carbocycles. The van der Waals surface area contributed by atoms with Crippen LogP contribution in [0.5, 0.6) is 5.75 Å². The fourth-order valence-electron chi connectivity index (χ4n) is 2.71. The number of carbonyl (C=O) groups excluding carboxylic acids is 1. The highest BCUT2D eigenvalue weighted by Crippen LogP contribution is 2.28. The van der Waals surface area contributed by atoms with E-state index < -0.39 is 0 Å². The smallest absolute Gasteiger partial charge is 0.255 e. The predicted molar refractivity (Wildman–Crippen MR) is 95.1 cm³/mol. The Bertz CT molecular complexity index is 595. The second-order valence-electron chi connectivity index (χ2n) is 5.36. The van der Waals surface area contributed by atoms with E-state index >= 15 is 0 Å². The van der Waals surface area contributed by atoms with Crippen LogP contribution in [0, 0.1) is 5.41 Å². The Balaban J connectivity index is 0.00000264. The third kappa shape index (κ3) is 4.42. The Morgan fingerprint density at radius 3 is 2.87 bits per heavy atom. The monoisotopic (exact) mass is 360 g/mol. The van der Waals surface area contributed by atoms with E-state index in [-0.39, 0.29) is 24.4 Å². The van der Waals surface area contributed by atoms with Gasteiger partial charge in [0.05, 0.1) is 29.2 Å². The first-order chi connectivity index (χ1) is 10.4. The highest BCUT2D eigenvalue weighted by atomic mass is 35.5. The van der Waals surface area contributed by atoms with Crippen molar-refractivity contribution in [3.63, 3.8) is 0 Å². The Labute approximate surface area is 147 Å². The maximum Gasteiger partial charge on any atom is 0.255 e. The fourth-order valence-corrected chi connectivity index (χ4v) is 2.87. The number of hydrogen-bond acceptors (Lipinski definition) is 4. The second-order valence-corrected chi connectivity index (χ2v) is 5.77. The molecule has 0 radical (unpaired) electrons. The number of nitrogen functional groups attached to an aromatic ring is 1. The summed E-state index contributed by atoms with van der Waals surface area (Å²) in [7, 11) is 1.48. The second kappa shape index (κ2) is 8.26. The van der Waals surface area contributed by atoms with Gasteiger partial charge in [0, 0.05) is 25.2 Å². The number of ether oxygens (including phenoxy) is 1. The number of nitrogens with zero attached hydrogens (tertiary/aromatic N) is 1. The summed E-state index contributed by atoms with van der Waals surface area (Å²) in [5, 5.41) is 11.0. The number of carbonyl (C=O) groups is 1. The van der Waals surface area contributed by atoms with Gasteiger partial charge in [-0.15, -0.1) is 12.4 Å². The molecule has 1 amide bonds. The van der Waals surface area contributed by atoms with Crippen molar-refractivity contribution in [1.29, 1.82) is 5.41 Å². The topological polar surface area (TPSA) is 91.4 Å². The quantitative estimate of drug-likeness (QED) is 0.437. The molecule has 0 bridgehead atoms. The third-order valence-electron chi connectivity index (χ3n) is 3.87. The molecule has 0 aliphatic carbocycles. The molecule has 1 atom stereocenters. The summed E-state index contributed by atoms with van der Waals surface area (Å²) in [4.78, 5) is 14.4. The number of amidine groups is 1. The number of anilines is 1. The summed E-state index contributed by atoms with van der Waals surface area (Å²) in [6, 6.07) is 3.22. The van der Waals surface area contributed by atoms with Gasteiger partial charge in [0.2, 0.25) is 0 Å². The molecule has 1 heterocycles. The lowest BCUT2D eigenvalue weighted by Crippen LogP contribution is -2.42. The van der Waals surface area contributed by atoms with Crippen LogP contribution < -0.4 is 15.8 Å². The van der Waals surface area contributed by atoms with Gasteiger partial charge in [0.25, 0.3) is 5.91 Å². The molecule has 0 saturated carbocycles. The number of nitrogens with one attached hydrogen (secondary N) is 2. The molecule has 1 aliphatic rings. The van der Waals surface area contributed by atoms with Gasteiger partial charge in [-0.2, -0.15) is 0 Å². The molecule has 1 unspecified atom stereocenters. The van der Waals surface area contributed by atoms with Crippen LogP contribution in [0.3, 0.4) is 0 Å². The van der Waals surface area contributed by atoms with Gasteiger partial charge in [-0.05, 0) is 25.8 Å². The molecule has 4 N–H and O–H groups in total. The first-order valence-electron chi connectivity index (χ1n) is 7.17. The minimum absolute atomic E-state index is 0. The van der Waals surface area contributed by atoms with Crippen molar-refractivity contribution >= 4 is 41.4 Å². The van der Waals surface area contributed by atoms with Gasteiger partial charge in [-0.1, -0.05) is 11.6 Å². The van der Waals surface area contributed by atoms with Crippen LogP contribution in [-0.2, 0) is 0 Å². The molecule has 1 aromatic rings. The van der Waals surface area contributed by atoms with Crippen molar-refractivity contribution in [3.05, 3.63) is 22.7 Å². The molecule has 1 aliphatic heterocycles. The molecule has 1 saturated heterocycles. The summed E-state index contributed by atoms with van der Waals surface area (Å²) >= 11 is 5.98. The summed E-state index contributed by atoms with van der Waals surface area (Å²) in [6.07, 6.45) is 2.00. The third-order valence-corrected chi connectivity index (χ3v) is 4.20. The zero-order chi connectivity index (χ0) is 16.3. The number of amides is 1. The van der Waals surface area contributed by atoms with Gasteiger partial charge in [0.15, 0.2) is 0 Å². The fraction of sp³-hybridized carbons (Fsp3) is 0.467. The van der Waals surface area contributed by atoms with E-state index in [1.807, 2.05) is 4.90 Å². The van der Waals surface area contributed by atoms with Crippen LogP contribution in [0.2, 0.25) is 5.02 Å². The van der Waals surface area contributed by atoms with Crippen molar-refractivity contribution in [2.75, 3.05) is 25.9 Å². The van der Waals surface area contributed by atoms with Crippen molar-refractivity contribution in [2.45, 2.75) is 25.8 Å². The lowest BCUT2D eigenvalue weighted by molar-refractivity contribution is 0.0943. The Morgan fingerprint density at radius 1 is 1.57 bits per heavy atom. The standard InChI is InChI=1S/C15H21ClN4O2.ClH/c1-9(17)20-5-3-4-10(20)8-19-15(21)11-6-12(16)13(18)7-14(11)22-2;/h6-7,10,17H,3-5,8,18H2,1-2H3,(H,19,21);1H. The summed E-state index contributed by atoms with van der Waals surface area (Å²) in [5.74, 6) is 0.670. The van der Waals surface area contributed by atoms with Crippen LogP contribution in [0.15, 0.2) is 12.1 Å². The van der Waals surface area contributed by atoms with Gasteiger partial charge >= 0.3 is 0 Å². The van der Waals surface area contributed by atoms with E-state index in [0.29, 0.717) is 34.4 Å². The SMILES string of the molecule is COc1cc(N)c(Cl)cc1C(=O)NCC1CCCN1C(C)=N.Cl. The van der Waals surface area contributed by atoms with Crippen LogP contribution >= 0.6 is 24.0 Å². The van der Waals surface area contributed by atoms with E-state index in [9.17, 15) is 4.79 Å². The average Bonchev–Trinajstić information content (AvgIpc) is 2.95. The van der Waals surface area contributed by atoms with E-state index in [4.69, 9.17) is 27.5 Å². The van der Waals surface area contributed by atoms with E-state index in [2.05, 4.69) is 5.32 Å². The molecule has 1 fully saturated rings. The molecular weight excluding hydrogens is 339 g/mol. The number of halogens is 2. The van der Waals surface area contributed by atoms with Crippen LogP contribution in [-0.4, -0.2) is 42.9 Å². The Hall–Kier alpha value is -1.66. The summed E-state index contributed by atoms with van der Waals surface area (Å²) in [5.41, 5.74) is 6.45. The van der Waals surface area contributed by atoms with Gasteiger partial charge in [0.1, 0.15) is 5.75 Å². The van der Waals surface area contributed by atoms with Gasteiger partial charge in [-0.25, -0.2) is 0 Å². The maximum absolute atomic E-state index is 12.4. The molecule has 0 aromatic heterocycles. The van der Waals surface area contributed by atoms with Crippen LogP contribution in [0.1, 0.15) is 30.1 Å². The summed E-state index contributed by atoms with van der Waals surface area (Å²) in [6.45, 7) is 3.12. The molecule has 0 spiro atoms. The number of likely N-dealkylation sites (tertiary alicyclic amines) is 1. The number of benzene rings is 1. The van der Waals surface area contributed by atoms with Crippen molar-refractivity contribution in [3.8, 4) is 5.75 Å². The van der Waals surface area contributed by atoms with Crippen molar-refractivity contribution < 1.29 is 9.53 Å². The zero-order valence-electron chi connectivity index (χ0n) is 13.2. The number of hydrogen-bond donors (Lipinski definition) is 3. The predicted octanol–water partition coefficient (Wildman–Crippen LogP) is 2.54. The van der Waals surface area contributed by atoms with E-state index in [1.165, 1.54) is 13.2 Å². The highest BCUT2D eigenvalue weighted by Gasteiger charge is 2.25. The summed E-state index contributed by atoms with van der Waals surface area (Å²) < 4.78 is 5.19. The Morgan fingerprint density at radius 2 is 2.26 bits per heavy atom. The number of rotatable bonds is 4. The Kier molecular flexibility index (Phi) is 6.97. The average molecular weight is 361 g/mol. The number of methoxy groups -OCH3 is 1. The first-order valence-corrected chi connectivity index (χ1v) is 7.54. The van der Waals surface area contributed by atoms with Gasteiger partial charge < -0.3 is 20.7 Å². The number of nitrogens with two attached hydrogens (primary N) is 1. The van der Waals surface area contributed by atoms with Crippen molar-refractivity contribution in [2.24, 2.45) is 0 Å². The lowest BCUT2D eigenvalue weighted by atomic mass is 10.1. The molecule has 23 heavy (non-hydrogen) atoms. The molecule has 6 nitrogen and oxygen atoms in total. The largest absolute Gasteiger partial charge is 0.496 e. The first kappa shape index (κ1) is 19.4. The van der Waals surface area contributed by atoms with Crippen molar-refractivity contribution in [1.82, 2.24) is 10.2 Å².